The Labute approximate surface area is 119 Å². The molecular formula is C15H18ClN3. The summed E-state index contributed by atoms with van der Waals surface area (Å²) in [5.74, 6) is 1.14. The second-order valence-corrected chi connectivity index (χ2v) is 4.76. The molecule has 0 unspecified atom stereocenters. The molecule has 1 aromatic carbocycles. The molecule has 0 saturated heterocycles. The van der Waals surface area contributed by atoms with Crippen LogP contribution < -0.4 is 4.90 Å². The van der Waals surface area contributed by atoms with Crippen molar-refractivity contribution in [1.82, 2.24) is 9.97 Å². The van der Waals surface area contributed by atoms with Crippen LogP contribution in [0.4, 0.5) is 11.6 Å². The van der Waals surface area contributed by atoms with Crippen molar-refractivity contribution in [3.63, 3.8) is 0 Å². The van der Waals surface area contributed by atoms with E-state index in [2.05, 4.69) is 41.2 Å². The first kappa shape index (κ1) is 13.8. The number of nitrogens with zero attached hydrogens (tertiary/aromatic N) is 3. The van der Waals surface area contributed by atoms with Crippen LogP contribution >= 0.6 is 11.6 Å². The summed E-state index contributed by atoms with van der Waals surface area (Å²) in [6.45, 7) is 4.10. The van der Waals surface area contributed by atoms with Crippen LogP contribution in [0, 0.1) is 6.92 Å². The van der Waals surface area contributed by atoms with Gasteiger partial charge in [0.15, 0.2) is 0 Å². The van der Waals surface area contributed by atoms with Gasteiger partial charge in [0, 0.05) is 30.2 Å². The van der Waals surface area contributed by atoms with E-state index in [1.807, 2.05) is 18.9 Å². The van der Waals surface area contributed by atoms with E-state index in [9.17, 15) is 0 Å². The second kappa shape index (κ2) is 6.02. The van der Waals surface area contributed by atoms with Crippen molar-refractivity contribution in [2.75, 3.05) is 11.9 Å². The summed E-state index contributed by atoms with van der Waals surface area (Å²) in [5, 5.41) is 0. The third-order valence-electron chi connectivity index (χ3n) is 3.24. The first-order chi connectivity index (χ1) is 9.15. The van der Waals surface area contributed by atoms with Crippen LogP contribution in [0.15, 0.2) is 30.5 Å². The Morgan fingerprint density at radius 3 is 2.42 bits per heavy atom. The SMILES string of the molecule is CCc1ccc(N(C)c2ncc(CCl)c(C)n2)cc1. The fraction of sp³-hybridized carbons (Fsp3) is 0.333. The first-order valence-electron chi connectivity index (χ1n) is 6.36. The van der Waals surface area contributed by atoms with Crippen molar-refractivity contribution < 1.29 is 0 Å². The summed E-state index contributed by atoms with van der Waals surface area (Å²) in [7, 11) is 1.97. The number of rotatable bonds is 4. The number of alkyl halides is 1. The van der Waals surface area contributed by atoms with Crippen molar-refractivity contribution in [1.29, 1.82) is 0 Å². The number of aromatic nitrogens is 2. The Hall–Kier alpha value is -1.61. The smallest absolute Gasteiger partial charge is 0.229 e. The molecule has 0 radical (unpaired) electrons. The molecule has 0 amide bonds. The van der Waals surface area contributed by atoms with Crippen LogP contribution in [0.1, 0.15) is 23.7 Å². The van der Waals surface area contributed by atoms with Gasteiger partial charge in [-0.05, 0) is 31.0 Å². The van der Waals surface area contributed by atoms with Gasteiger partial charge in [0.1, 0.15) is 0 Å². The van der Waals surface area contributed by atoms with Gasteiger partial charge in [-0.3, -0.25) is 0 Å². The van der Waals surface area contributed by atoms with Gasteiger partial charge in [0.25, 0.3) is 0 Å². The predicted octanol–water partition coefficient (Wildman–Crippen LogP) is 3.85. The first-order valence-corrected chi connectivity index (χ1v) is 6.90. The lowest BCUT2D eigenvalue weighted by Crippen LogP contribution is -2.14. The maximum Gasteiger partial charge on any atom is 0.229 e. The van der Waals surface area contributed by atoms with Crippen LogP contribution in [0.25, 0.3) is 0 Å². The summed E-state index contributed by atoms with van der Waals surface area (Å²) < 4.78 is 0. The van der Waals surface area contributed by atoms with Gasteiger partial charge in [-0.1, -0.05) is 19.1 Å². The van der Waals surface area contributed by atoms with Crippen LogP contribution in [0.5, 0.6) is 0 Å². The Kier molecular flexibility index (Phi) is 4.38. The van der Waals surface area contributed by atoms with Crippen molar-refractivity contribution in [2.24, 2.45) is 0 Å². The maximum absolute atomic E-state index is 5.82. The van der Waals surface area contributed by atoms with Crippen LogP contribution in [-0.4, -0.2) is 17.0 Å². The number of hydrogen-bond acceptors (Lipinski definition) is 3. The van der Waals surface area contributed by atoms with Crippen LogP contribution in [-0.2, 0) is 12.3 Å². The molecule has 100 valence electrons. The van der Waals surface area contributed by atoms with Gasteiger partial charge < -0.3 is 4.90 Å². The van der Waals surface area contributed by atoms with Crippen molar-refractivity contribution >= 4 is 23.2 Å². The molecule has 0 aliphatic heterocycles. The van der Waals surface area contributed by atoms with Crippen molar-refractivity contribution in [2.45, 2.75) is 26.1 Å². The minimum Gasteiger partial charge on any atom is -0.314 e. The number of anilines is 2. The lowest BCUT2D eigenvalue weighted by Gasteiger charge is -2.18. The monoisotopic (exact) mass is 275 g/mol. The molecular weight excluding hydrogens is 258 g/mol. The third-order valence-corrected chi connectivity index (χ3v) is 3.53. The maximum atomic E-state index is 5.82. The highest BCUT2D eigenvalue weighted by Crippen LogP contribution is 2.21. The molecule has 0 fully saturated rings. The van der Waals surface area contributed by atoms with Crippen molar-refractivity contribution in [3.05, 3.63) is 47.3 Å². The molecule has 0 N–H and O–H groups in total. The largest absolute Gasteiger partial charge is 0.314 e. The summed E-state index contributed by atoms with van der Waals surface area (Å²) in [4.78, 5) is 10.8. The summed E-state index contributed by atoms with van der Waals surface area (Å²) in [5.41, 5.74) is 4.30. The van der Waals surface area contributed by atoms with E-state index in [-0.39, 0.29) is 0 Å². The van der Waals surface area contributed by atoms with Gasteiger partial charge >= 0.3 is 0 Å². The van der Waals surface area contributed by atoms with Gasteiger partial charge in [0.2, 0.25) is 5.95 Å². The zero-order valence-corrected chi connectivity index (χ0v) is 12.3. The number of benzene rings is 1. The second-order valence-electron chi connectivity index (χ2n) is 4.49. The molecule has 19 heavy (non-hydrogen) atoms. The highest BCUT2D eigenvalue weighted by molar-refractivity contribution is 6.17. The van der Waals surface area contributed by atoms with E-state index in [0.29, 0.717) is 11.8 Å². The lowest BCUT2D eigenvalue weighted by atomic mass is 10.1. The molecule has 2 rings (SSSR count). The Morgan fingerprint density at radius 2 is 1.89 bits per heavy atom. The standard InChI is InChI=1S/C15H18ClN3/c1-4-12-5-7-14(8-6-12)19(3)15-17-10-13(9-16)11(2)18-15/h5-8,10H,4,9H2,1-3H3. The highest BCUT2D eigenvalue weighted by Gasteiger charge is 2.09. The minimum atomic E-state index is 0.445. The Morgan fingerprint density at radius 1 is 1.21 bits per heavy atom. The van der Waals surface area contributed by atoms with Gasteiger partial charge in [0.05, 0.1) is 5.88 Å². The molecule has 0 spiro atoms. The van der Waals surface area contributed by atoms with E-state index in [4.69, 9.17) is 11.6 Å². The average Bonchev–Trinajstić information content (AvgIpc) is 2.46. The lowest BCUT2D eigenvalue weighted by molar-refractivity contribution is 0.988. The molecule has 2 aromatic rings. The van der Waals surface area contributed by atoms with E-state index in [1.54, 1.807) is 6.20 Å². The summed E-state index contributed by atoms with van der Waals surface area (Å²) in [6.07, 6.45) is 2.84. The number of hydrogen-bond donors (Lipinski definition) is 0. The molecule has 0 atom stereocenters. The summed E-state index contributed by atoms with van der Waals surface area (Å²) in [6, 6.07) is 8.44. The predicted molar refractivity (Wildman–Crippen MR) is 80.2 cm³/mol. The van der Waals surface area contributed by atoms with Crippen LogP contribution in [0.3, 0.4) is 0 Å². The third kappa shape index (κ3) is 3.04. The molecule has 0 bridgehead atoms. The highest BCUT2D eigenvalue weighted by atomic mass is 35.5. The van der Waals surface area contributed by atoms with E-state index in [0.717, 1.165) is 23.4 Å². The molecule has 1 heterocycles. The average molecular weight is 276 g/mol. The minimum absolute atomic E-state index is 0.445. The summed E-state index contributed by atoms with van der Waals surface area (Å²) >= 11 is 5.82. The molecule has 4 heteroatoms. The van der Waals surface area contributed by atoms with Gasteiger partial charge in [-0.25, -0.2) is 9.97 Å². The quantitative estimate of drug-likeness (QED) is 0.794. The number of aryl methyl sites for hydroxylation is 2. The molecule has 0 aliphatic rings. The Bertz CT molecular complexity index is 552. The van der Waals surface area contributed by atoms with Gasteiger partial charge in [-0.2, -0.15) is 0 Å². The van der Waals surface area contributed by atoms with Crippen molar-refractivity contribution in [3.8, 4) is 0 Å². The molecule has 1 aromatic heterocycles. The number of halogens is 1. The zero-order valence-electron chi connectivity index (χ0n) is 11.5. The molecule has 3 nitrogen and oxygen atoms in total. The fourth-order valence-electron chi connectivity index (χ4n) is 1.84. The Balaban J connectivity index is 2.27. The zero-order chi connectivity index (χ0) is 13.8. The van der Waals surface area contributed by atoms with Crippen LogP contribution in [0.2, 0.25) is 0 Å². The normalized spacial score (nSPS) is 10.5. The fourth-order valence-corrected chi connectivity index (χ4v) is 2.11. The van der Waals surface area contributed by atoms with E-state index in [1.165, 1.54) is 5.56 Å². The van der Waals surface area contributed by atoms with E-state index < -0.39 is 0 Å². The topological polar surface area (TPSA) is 29.0 Å². The molecule has 0 saturated carbocycles. The van der Waals surface area contributed by atoms with Gasteiger partial charge in [-0.15, -0.1) is 11.6 Å². The molecule has 0 aliphatic carbocycles. The van der Waals surface area contributed by atoms with E-state index >= 15 is 0 Å².